The Kier molecular flexibility index (Phi) is 2.19. The van der Waals surface area contributed by atoms with Crippen molar-refractivity contribution in [3.05, 3.63) is 28.8 Å². The van der Waals surface area contributed by atoms with Gasteiger partial charge in [-0.05, 0) is 0 Å². The van der Waals surface area contributed by atoms with Crippen molar-refractivity contribution in [2.75, 3.05) is 0 Å². The molecule has 4 heteroatoms. The maximum Gasteiger partial charge on any atom is 0.150 e. The van der Waals surface area contributed by atoms with Gasteiger partial charge in [0.1, 0.15) is 5.82 Å². The minimum atomic E-state index is -0.598. The average Bonchev–Trinajstić information content (AvgIpc) is 1.95. The third-order valence-corrected chi connectivity index (χ3v) is 1.34. The Bertz CT molecular complexity index is 241. The zero-order valence-electron chi connectivity index (χ0n) is 5.01. The van der Waals surface area contributed by atoms with Gasteiger partial charge >= 0.3 is 0 Å². The summed E-state index contributed by atoms with van der Waals surface area (Å²) in [5.41, 5.74) is 0.118. The third kappa shape index (κ3) is 1.25. The van der Waals surface area contributed by atoms with E-state index < -0.39 is 5.82 Å². The molecule has 0 radical (unpaired) electrons. The first-order valence-electron chi connectivity index (χ1n) is 2.64. The van der Waals surface area contributed by atoms with Crippen molar-refractivity contribution < 1.29 is 9.50 Å². The fourth-order valence-electron chi connectivity index (χ4n) is 0.570. The zero-order valence-corrected chi connectivity index (χ0v) is 5.77. The van der Waals surface area contributed by atoms with E-state index in [9.17, 15) is 4.39 Å². The van der Waals surface area contributed by atoms with Crippen LogP contribution < -0.4 is 0 Å². The summed E-state index contributed by atoms with van der Waals surface area (Å²) in [7, 11) is 0. The number of hydrogen-bond donors (Lipinski definition) is 1. The summed E-state index contributed by atoms with van der Waals surface area (Å²) >= 11 is 5.34. The highest BCUT2D eigenvalue weighted by Gasteiger charge is 2.04. The van der Waals surface area contributed by atoms with Crippen LogP contribution in [0.3, 0.4) is 0 Å². The van der Waals surface area contributed by atoms with Crippen LogP contribution >= 0.6 is 11.6 Å². The van der Waals surface area contributed by atoms with Crippen molar-refractivity contribution >= 4 is 11.6 Å². The molecular weight excluding hydrogens is 157 g/mol. The van der Waals surface area contributed by atoms with Gasteiger partial charge in [-0.2, -0.15) is 0 Å². The molecule has 0 aliphatic carbocycles. The predicted molar refractivity (Wildman–Crippen MR) is 35.1 cm³/mol. The highest BCUT2D eigenvalue weighted by Crippen LogP contribution is 2.15. The molecule has 0 spiro atoms. The van der Waals surface area contributed by atoms with Crippen molar-refractivity contribution in [3.8, 4) is 0 Å². The van der Waals surface area contributed by atoms with Gasteiger partial charge in [0.05, 0.1) is 11.6 Å². The van der Waals surface area contributed by atoms with Gasteiger partial charge < -0.3 is 5.11 Å². The normalized spacial score (nSPS) is 9.90. The number of pyridine rings is 1. The van der Waals surface area contributed by atoms with E-state index in [1.807, 2.05) is 0 Å². The van der Waals surface area contributed by atoms with Crippen molar-refractivity contribution in [1.29, 1.82) is 0 Å². The van der Waals surface area contributed by atoms with Crippen LogP contribution in [0.4, 0.5) is 4.39 Å². The lowest BCUT2D eigenvalue weighted by atomic mass is 10.3. The smallest absolute Gasteiger partial charge is 0.150 e. The second-order valence-corrected chi connectivity index (χ2v) is 2.16. The number of rotatable bonds is 1. The molecule has 1 aromatic heterocycles. The van der Waals surface area contributed by atoms with Gasteiger partial charge in [0.15, 0.2) is 0 Å². The number of halogens is 2. The summed E-state index contributed by atoms with van der Waals surface area (Å²) in [4.78, 5) is 3.58. The van der Waals surface area contributed by atoms with Crippen LogP contribution in [0.5, 0.6) is 0 Å². The van der Waals surface area contributed by atoms with E-state index in [0.717, 1.165) is 0 Å². The molecule has 0 aliphatic rings. The summed E-state index contributed by atoms with van der Waals surface area (Å²) in [6, 6.07) is 0. The minimum Gasteiger partial charge on any atom is -0.392 e. The summed E-state index contributed by atoms with van der Waals surface area (Å²) in [5.74, 6) is -0.598. The quantitative estimate of drug-likeness (QED) is 0.675. The SMILES string of the molecule is OCc1cncc(Cl)c1F. The van der Waals surface area contributed by atoms with Crippen molar-refractivity contribution in [2.24, 2.45) is 0 Å². The Morgan fingerprint density at radius 1 is 1.60 bits per heavy atom. The molecule has 54 valence electrons. The van der Waals surface area contributed by atoms with Crippen LogP contribution in [-0.4, -0.2) is 10.1 Å². The number of aliphatic hydroxyl groups is 1. The Morgan fingerprint density at radius 3 is 2.80 bits per heavy atom. The van der Waals surface area contributed by atoms with Crippen LogP contribution in [0.1, 0.15) is 5.56 Å². The van der Waals surface area contributed by atoms with E-state index in [-0.39, 0.29) is 17.2 Å². The first-order valence-corrected chi connectivity index (χ1v) is 3.02. The fourth-order valence-corrected chi connectivity index (χ4v) is 0.747. The maximum atomic E-state index is 12.7. The third-order valence-electron chi connectivity index (χ3n) is 1.08. The van der Waals surface area contributed by atoms with Gasteiger partial charge in [-0.15, -0.1) is 0 Å². The molecule has 10 heavy (non-hydrogen) atoms. The van der Waals surface area contributed by atoms with E-state index in [0.29, 0.717) is 0 Å². The predicted octanol–water partition coefficient (Wildman–Crippen LogP) is 1.37. The zero-order chi connectivity index (χ0) is 7.56. The van der Waals surface area contributed by atoms with Gasteiger partial charge in [0.25, 0.3) is 0 Å². The van der Waals surface area contributed by atoms with E-state index in [1.165, 1.54) is 12.4 Å². The molecule has 0 unspecified atom stereocenters. The summed E-state index contributed by atoms with van der Waals surface area (Å²) in [6.45, 7) is -0.376. The average molecular weight is 162 g/mol. The van der Waals surface area contributed by atoms with Gasteiger partial charge in [0, 0.05) is 18.0 Å². The van der Waals surface area contributed by atoms with Crippen molar-refractivity contribution in [3.63, 3.8) is 0 Å². The first kappa shape index (κ1) is 7.44. The topological polar surface area (TPSA) is 33.1 Å². The van der Waals surface area contributed by atoms with Gasteiger partial charge in [-0.25, -0.2) is 4.39 Å². The second-order valence-electron chi connectivity index (χ2n) is 1.75. The standard InChI is InChI=1S/C6H5ClFNO/c7-5-2-9-1-4(3-10)6(5)8/h1-2,10H,3H2. The van der Waals surface area contributed by atoms with Crippen molar-refractivity contribution in [1.82, 2.24) is 4.98 Å². The maximum absolute atomic E-state index is 12.7. The minimum absolute atomic E-state index is 0.0634. The van der Waals surface area contributed by atoms with E-state index in [4.69, 9.17) is 16.7 Å². The van der Waals surface area contributed by atoms with Gasteiger partial charge in [-0.1, -0.05) is 11.6 Å². The number of hydrogen-bond acceptors (Lipinski definition) is 2. The van der Waals surface area contributed by atoms with Crippen LogP contribution in [0, 0.1) is 5.82 Å². The molecular formula is C6H5ClFNO. The Morgan fingerprint density at radius 2 is 2.30 bits per heavy atom. The molecule has 2 nitrogen and oxygen atoms in total. The van der Waals surface area contributed by atoms with E-state index in [1.54, 1.807) is 0 Å². The molecule has 1 rings (SSSR count). The Hall–Kier alpha value is -0.670. The Balaban J connectivity index is 3.14. The lowest BCUT2D eigenvalue weighted by molar-refractivity contribution is 0.275. The molecule has 0 saturated heterocycles. The van der Waals surface area contributed by atoms with E-state index >= 15 is 0 Å². The molecule has 1 aromatic rings. The molecule has 0 atom stereocenters. The molecule has 1 heterocycles. The molecule has 0 aromatic carbocycles. The number of aliphatic hydroxyl groups excluding tert-OH is 1. The highest BCUT2D eigenvalue weighted by molar-refractivity contribution is 6.30. The van der Waals surface area contributed by atoms with E-state index in [2.05, 4.69) is 4.98 Å². The molecule has 0 saturated carbocycles. The fraction of sp³-hybridized carbons (Fsp3) is 0.167. The molecule has 0 bridgehead atoms. The summed E-state index contributed by atoms with van der Waals surface area (Å²) < 4.78 is 12.7. The molecule has 1 N–H and O–H groups in total. The lowest BCUT2D eigenvalue weighted by Gasteiger charge is -1.97. The van der Waals surface area contributed by atoms with Gasteiger partial charge in [-0.3, -0.25) is 4.98 Å². The largest absolute Gasteiger partial charge is 0.392 e. The van der Waals surface area contributed by atoms with Crippen LogP contribution in [0.25, 0.3) is 0 Å². The molecule has 0 amide bonds. The number of aromatic nitrogens is 1. The van der Waals surface area contributed by atoms with Crippen LogP contribution in [-0.2, 0) is 6.61 Å². The summed E-state index contributed by atoms with van der Waals surface area (Å²) in [5, 5.41) is 8.44. The highest BCUT2D eigenvalue weighted by atomic mass is 35.5. The van der Waals surface area contributed by atoms with Gasteiger partial charge in [0.2, 0.25) is 0 Å². The first-order chi connectivity index (χ1) is 4.75. The number of nitrogens with zero attached hydrogens (tertiary/aromatic N) is 1. The molecule has 0 fully saturated rings. The second kappa shape index (κ2) is 2.94. The summed E-state index contributed by atoms with van der Waals surface area (Å²) in [6.07, 6.45) is 2.43. The monoisotopic (exact) mass is 161 g/mol. The van der Waals surface area contributed by atoms with Crippen LogP contribution in [0.2, 0.25) is 5.02 Å². The molecule has 0 aliphatic heterocycles. The Labute approximate surface area is 62.3 Å². The van der Waals surface area contributed by atoms with Crippen LogP contribution in [0.15, 0.2) is 12.4 Å². The van der Waals surface area contributed by atoms with Crippen molar-refractivity contribution in [2.45, 2.75) is 6.61 Å². The lowest BCUT2D eigenvalue weighted by Crippen LogP contribution is -1.91.